The Morgan fingerprint density at radius 1 is 1.15 bits per heavy atom. The van der Waals surface area contributed by atoms with Crippen molar-refractivity contribution >= 4 is 0 Å². The summed E-state index contributed by atoms with van der Waals surface area (Å²) in [4.78, 5) is 5.24. The molecule has 2 rings (SSSR count). The zero-order valence-corrected chi connectivity index (χ0v) is 13.7. The van der Waals surface area contributed by atoms with Gasteiger partial charge in [-0.2, -0.15) is 0 Å². The lowest BCUT2D eigenvalue weighted by Gasteiger charge is -2.48. The summed E-state index contributed by atoms with van der Waals surface area (Å²) in [6.45, 7) is 8.11. The van der Waals surface area contributed by atoms with Gasteiger partial charge in [-0.15, -0.1) is 0 Å². The van der Waals surface area contributed by atoms with E-state index in [0.717, 1.165) is 12.5 Å². The summed E-state index contributed by atoms with van der Waals surface area (Å²) < 4.78 is 0. The van der Waals surface area contributed by atoms with E-state index >= 15 is 0 Å². The molecular formula is C17H35N3. The standard InChI is InChI=1S/C17H35N3/c1-3-11-20-12-9-17(15-18,10-13-20)19(2)14-16-7-5-4-6-8-16/h16H,3-15,18H2,1-2H3. The Morgan fingerprint density at radius 2 is 1.80 bits per heavy atom. The third-order valence-corrected chi connectivity index (χ3v) is 5.77. The number of hydrogen-bond donors (Lipinski definition) is 1. The molecule has 0 aromatic carbocycles. The molecule has 1 aliphatic heterocycles. The molecule has 3 nitrogen and oxygen atoms in total. The highest BCUT2D eigenvalue weighted by Gasteiger charge is 2.37. The van der Waals surface area contributed by atoms with Crippen LogP contribution in [0.2, 0.25) is 0 Å². The van der Waals surface area contributed by atoms with Crippen LogP contribution in [0.4, 0.5) is 0 Å². The summed E-state index contributed by atoms with van der Waals surface area (Å²) in [5, 5.41) is 0. The quantitative estimate of drug-likeness (QED) is 0.812. The summed E-state index contributed by atoms with van der Waals surface area (Å²) in [6, 6.07) is 0. The average Bonchev–Trinajstić information content (AvgIpc) is 2.49. The number of nitrogens with two attached hydrogens (primary N) is 1. The first-order valence-electron chi connectivity index (χ1n) is 8.84. The van der Waals surface area contributed by atoms with Gasteiger partial charge >= 0.3 is 0 Å². The normalized spacial score (nSPS) is 25.2. The highest BCUT2D eigenvalue weighted by molar-refractivity contribution is 4.95. The van der Waals surface area contributed by atoms with Gasteiger partial charge in [-0.3, -0.25) is 4.90 Å². The van der Waals surface area contributed by atoms with E-state index < -0.39 is 0 Å². The second-order valence-electron chi connectivity index (χ2n) is 7.15. The Bertz CT molecular complexity index is 265. The van der Waals surface area contributed by atoms with Gasteiger partial charge in [-0.25, -0.2) is 0 Å². The molecule has 0 amide bonds. The molecule has 2 N–H and O–H groups in total. The number of hydrogen-bond acceptors (Lipinski definition) is 3. The van der Waals surface area contributed by atoms with Crippen LogP contribution in [-0.2, 0) is 0 Å². The van der Waals surface area contributed by atoms with Crippen LogP contribution in [0, 0.1) is 5.92 Å². The van der Waals surface area contributed by atoms with E-state index in [2.05, 4.69) is 23.8 Å². The van der Waals surface area contributed by atoms with E-state index in [1.165, 1.54) is 77.5 Å². The molecule has 118 valence electrons. The van der Waals surface area contributed by atoms with Crippen LogP contribution in [0.5, 0.6) is 0 Å². The average molecular weight is 281 g/mol. The fourth-order valence-electron chi connectivity index (χ4n) is 4.20. The van der Waals surface area contributed by atoms with E-state index in [1.54, 1.807) is 0 Å². The molecule has 0 bridgehead atoms. The zero-order valence-electron chi connectivity index (χ0n) is 13.7. The molecule has 1 heterocycles. The predicted molar refractivity (Wildman–Crippen MR) is 87.0 cm³/mol. The van der Waals surface area contributed by atoms with Crippen LogP contribution in [0.3, 0.4) is 0 Å². The summed E-state index contributed by atoms with van der Waals surface area (Å²) in [6.07, 6.45) is 11.0. The number of piperidine rings is 1. The van der Waals surface area contributed by atoms with Gasteiger partial charge in [0.2, 0.25) is 0 Å². The molecule has 2 fully saturated rings. The Balaban J connectivity index is 1.86. The van der Waals surface area contributed by atoms with Crippen molar-refractivity contribution in [2.75, 3.05) is 39.8 Å². The van der Waals surface area contributed by atoms with Gasteiger partial charge in [0, 0.05) is 18.6 Å². The first kappa shape index (κ1) is 16.3. The second kappa shape index (κ2) is 7.77. The van der Waals surface area contributed by atoms with Crippen molar-refractivity contribution in [3.63, 3.8) is 0 Å². The van der Waals surface area contributed by atoms with Crippen LogP contribution in [-0.4, -0.2) is 55.1 Å². The van der Waals surface area contributed by atoms with Crippen LogP contribution in [0.15, 0.2) is 0 Å². The third kappa shape index (κ3) is 3.96. The number of likely N-dealkylation sites (tertiary alicyclic amines) is 1. The third-order valence-electron chi connectivity index (χ3n) is 5.77. The molecule has 0 radical (unpaired) electrons. The lowest BCUT2D eigenvalue weighted by atomic mass is 9.83. The molecule has 0 unspecified atom stereocenters. The van der Waals surface area contributed by atoms with Gasteiger partial charge in [-0.1, -0.05) is 26.2 Å². The van der Waals surface area contributed by atoms with Crippen LogP contribution >= 0.6 is 0 Å². The Hall–Kier alpha value is -0.120. The first-order valence-corrected chi connectivity index (χ1v) is 8.84. The minimum Gasteiger partial charge on any atom is -0.329 e. The van der Waals surface area contributed by atoms with Gasteiger partial charge in [0.25, 0.3) is 0 Å². The molecule has 0 atom stereocenters. The monoisotopic (exact) mass is 281 g/mol. The highest BCUT2D eigenvalue weighted by atomic mass is 15.2. The molecule has 0 spiro atoms. The Labute approximate surface area is 125 Å². The molecule has 1 saturated heterocycles. The van der Waals surface area contributed by atoms with Crippen LogP contribution < -0.4 is 5.73 Å². The Kier molecular flexibility index (Phi) is 6.31. The van der Waals surface area contributed by atoms with E-state index in [1.807, 2.05) is 0 Å². The number of likely N-dealkylation sites (N-methyl/N-ethyl adjacent to an activating group) is 1. The van der Waals surface area contributed by atoms with Crippen LogP contribution in [0.25, 0.3) is 0 Å². The van der Waals surface area contributed by atoms with Gasteiger partial charge in [0.05, 0.1) is 0 Å². The largest absolute Gasteiger partial charge is 0.329 e. The highest BCUT2D eigenvalue weighted by Crippen LogP contribution is 2.31. The first-order chi connectivity index (χ1) is 9.70. The second-order valence-corrected chi connectivity index (χ2v) is 7.15. The van der Waals surface area contributed by atoms with Crippen LogP contribution in [0.1, 0.15) is 58.3 Å². The molecule has 1 saturated carbocycles. The van der Waals surface area contributed by atoms with Gasteiger partial charge in [-0.05, 0) is 64.7 Å². The summed E-state index contributed by atoms with van der Waals surface area (Å²) in [5.74, 6) is 0.922. The minimum absolute atomic E-state index is 0.279. The molecule has 1 aliphatic carbocycles. The lowest BCUT2D eigenvalue weighted by molar-refractivity contribution is 0.0311. The van der Waals surface area contributed by atoms with E-state index in [4.69, 9.17) is 5.73 Å². The van der Waals surface area contributed by atoms with Gasteiger partial charge < -0.3 is 10.6 Å². The minimum atomic E-state index is 0.279. The maximum absolute atomic E-state index is 6.20. The van der Waals surface area contributed by atoms with Gasteiger partial charge in [0.1, 0.15) is 0 Å². The molecule has 0 aromatic rings. The maximum atomic E-state index is 6.20. The summed E-state index contributed by atoms with van der Waals surface area (Å²) in [7, 11) is 2.33. The Morgan fingerprint density at radius 3 is 2.35 bits per heavy atom. The van der Waals surface area contributed by atoms with Crippen molar-refractivity contribution in [2.24, 2.45) is 11.7 Å². The number of nitrogens with zero attached hydrogens (tertiary/aromatic N) is 2. The van der Waals surface area contributed by atoms with Crippen molar-refractivity contribution in [3.05, 3.63) is 0 Å². The molecule has 2 aliphatic rings. The number of rotatable bonds is 6. The SMILES string of the molecule is CCCN1CCC(CN)(N(C)CC2CCCCC2)CC1. The van der Waals surface area contributed by atoms with E-state index in [9.17, 15) is 0 Å². The van der Waals surface area contributed by atoms with Gasteiger partial charge in [0.15, 0.2) is 0 Å². The molecule has 3 heteroatoms. The van der Waals surface area contributed by atoms with Crippen molar-refractivity contribution < 1.29 is 0 Å². The fourth-order valence-corrected chi connectivity index (χ4v) is 4.20. The van der Waals surface area contributed by atoms with Crippen molar-refractivity contribution in [3.8, 4) is 0 Å². The molecular weight excluding hydrogens is 246 g/mol. The summed E-state index contributed by atoms with van der Waals surface area (Å²) in [5.41, 5.74) is 6.48. The predicted octanol–water partition coefficient (Wildman–Crippen LogP) is 2.70. The lowest BCUT2D eigenvalue weighted by Crippen LogP contribution is -2.59. The topological polar surface area (TPSA) is 32.5 Å². The summed E-state index contributed by atoms with van der Waals surface area (Å²) >= 11 is 0. The van der Waals surface area contributed by atoms with Crippen molar-refractivity contribution in [1.29, 1.82) is 0 Å². The smallest absolute Gasteiger partial charge is 0.0353 e. The maximum Gasteiger partial charge on any atom is 0.0353 e. The molecule has 20 heavy (non-hydrogen) atoms. The van der Waals surface area contributed by atoms with Crippen molar-refractivity contribution in [1.82, 2.24) is 9.80 Å². The fraction of sp³-hybridized carbons (Fsp3) is 1.00. The molecule has 0 aromatic heterocycles. The van der Waals surface area contributed by atoms with E-state index in [-0.39, 0.29) is 5.54 Å². The van der Waals surface area contributed by atoms with E-state index in [0.29, 0.717) is 0 Å². The van der Waals surface area contributed by atoms with Crippen molar-refractivity contribution in [2.45, 2.75) is 63.8 Å². The zero-order chi connectivity index (χ0) is 14.4.